The van der Waals surface area contributed by atoms with Crippen LogP contribution in [0.2, 0.25) is 5.15 Å². The van der Waals surface area contributed by atoms with Gasteiger partial charge in [0.05, 0.1) is 12.3 Å². The highest BCUT2D eigenvalue weighted by Gasteiger charge is 2.07. The molecule has 0 unspecified atom stereocenters. The number of carbonyl (C=O) groups is 1. The molecular formula is C16H17ClN2O5. The summed E-state index contributed by atoms with van der Waals surface area (Å²) in [6, 6.07) is 5.36. The Morgan fingerprint density at radius 2 is 2.04 bits per heavy atom. The average molecular weight is 353 g/mol. The first-order valence-corrected chi connectivity index (χ1v) is 7.28. The zero-order chi connectivity index (χ0) is 18.3. The highest BCUT2D eigenvalue weighted by atomic mass is 35.5. The Labute approximate surface area is 143 Å². The van der Waals surface area contributed by atoms with Gasteiger partial charge in [-0.25, -0.2) is 14.6 Å². The number of aromatic nitrogens is 1. The predicted octanol–water partition coefficient (Wildman–Crippen LogP) is 2.39. The van der Waals surface area contributed by atoms with Crippen LogP contribution in [0.4, 0.5) is 0 Å². The predicted molar refractivity (Wildman–Crippen MR) is 90.1 cm³/mol. The molecule has 0 aliphatic heterocycles. The molecule has 0 amide bonds. The molecule has 0 radical (unpaired) electrons. The van der Waals surface area contributed by atoms with Crippen molar-refractivity contribution in [2.75, 3.05) is 7.05 Å². The normalized spacial score (nSPS) is 9.71. The topological polar surface area (TPSA) is 109 Å². The summed E-state index contributed by atoms with van der Waals surface area (Å²) in [6.45, 7) is 3.90. The molecule has 24 heavy (non-hydrogen) atoms. The van der Waals surface area contributed by atoms with Crippen molar-refractivity contribution in [3.63, 3.8) is 0 Å². The Hall–Kier alpha value is -2.76. The van der Waals surface area contributed by atoms with Crippen LogP contribution >= 0.6 is 11.6 Å². The van der Waals surface area contributed by atoms with Crippen molar-refractivity contribution < 1.29 is 24.5 Å². The molecule has 8 heteroatoms. The molecule has 0 fully saturated rings. The van der Waals surface area contributed by atoms with Crippen LogP contribution in [0.5, 0.6) is 11.5 Å². The van der Waals surface area contributed by atoms with E-state index in [9.17, 15) is 14.7 Å². The zero-order valence-corrected chi connectivity index (χ0v) is 14.1. The lowest BCUT2D eigenvalue weighted by atomic mass is 10.1. The number of ether oxygens (including phenoxy) is 1. The van der Waals surface area contributed by atoms with E-state index in [-0.39, 0.29) is 11.9 Å². The molecule has 0 bridgehead atoms. The first kappa shape index (κ1) is 19.3. The number of likely N-dealkylation sites (N-methyl/N-ethyl adjacent to an activating group) is 1. The van der Waals surface area contributed by atoms with E-state index in [1.165, 1.54) is 19.2 Å². The van der Waals surface area contributed by atoms with Crippen LogP contribution in [-0.2, 0) is 9.59 Å². The molecular weight excluding hydrogens is 336 g/mol. The first-order chi connectivity index (χ1) is 11.3. The number of carbonyl (C=O) groups excluding carboxylic acids is 1. The van der Waals surface area contributed by atoms with Gasteiger partial charge in [0.25, 0.3) is 0 Å². The lowest BCUT2D eigenvalue weighted by Gasteiger charge is -2.11. The minimum atomic E-state index is -1.29. The summed E-state index contributed by atoms with van der Waals surface area (Å²) in [5.41, 5.74) is -0.454. The van der Waals surface area contributed by atoms with Crippen LogP contribution in [0.3, 0.4) is 0 Å². The van der Waals surface area contributed by atoms with Crippen LogP contribution in [0.15, 0.2) is 30.1 Å². The van der Waals surface area contributed by atoms with E-state index >= 15 is 0 Å². The number of halogens is 1. The highest BCUT2D eigenvalue weighted by molar-refractivity contribution is 6.34. The number of fused-ring (bicyclic) bond motifs is 1. The number of nitrogens with one attached hydrogen (secondary N) is 1. The Kier molecular flexibility index (Phi) is 7.04. The molecule has 7 nitrogen and oxygen atoms in total. The van der Waals surface area contributed by atoms with Gasteiger partial charge >= 0.3 is 5.97 Å². The number of rotatable bonds is 4. The fourth-order valence-electron chi connectivity index (χ4n) is 1.72. The van der Waals surface area contributed by atoms with Crippen LogP contribution in [0.1, 0.15) is 13.8 Å². The minimum Gasteiger partial charge on any atom is -0.506 e. The lowest BCUT2D eigenvalue weighted by Crippen LogP contribution is -2.15. The Morgan fingerprint density at radius 1 is 1.38 bits per heavy atom. The monoisotopic (exact) mass is 352 g/mol. The van der Waals surface area contributed by atoms with Gasteiger partial charge in [0.1, 0.15) is 16.7 Å². The van der Waals surface area contributed by atoms with Crippen molar-refractivity contribution in [2.45, 2.75) is 20.0 Å². The molecule has 0 saturated heterocycles. The molecule has 0 spiro atoms. The fourth-order valence-corrected chi connectivity index (χ4v) is 1.93. The van der Waals surface area contributed by atoms with E-state index in [2.05, 4.69) is 10.3 Å². The maximum atomic E-state index is 9.80. The fraction of sp³-hybridized carbons (Fsp3) is 0.250. The Morgan fingerprint density at radius 3 is 2.50 bits per heavy atom. The van der Waals surface area contributed by atoms with Gasteiger partial charge in [-0.05, 0) is 32.0 Å². The quantitative estimate of drug-likeness (QED) is 0.440. The lowest BCUT2D eigenvalue weighted by molar-refractivity contribution is -0.132. The number of carboxylic acids is 1. The third kappa shape index (κ3) is 5.15. The maximum absolute atomic E-state index is 9.80. The SMILES string of the molecule is CC(C)Oc1ccc2c(O)cnc(Cl)c2c1.CNC(=C=O)C(=O)O. The Balaban J connectivity index is 0.000000307. The van der Waals surface area contributed by atoms with Gasteiger partial charge in [0, 0.05) is 17.8 Å². The average Bonchev–Trinajstić information content (AvgIpc) is 2.52. The second-order valence-corrected chi connectivity index (χ2v) is 5.20. The van der Waals surface area contributed by atoms with Gasteiger partial charge in [0.2, 0.25) is 5.70 Å². The second-order valence-electron chi connectivity index (χ2n) is 4.84. The van der Waals surface area contributed by atoms with Gasteiger partial charge in [0.15, 0.2) is 5.94 Å². The molecule has 0 aliphatic rings. The summed E-state index contributed by atoms with van der Waals surface area (Å²) in [5, 5.41) is 21.5. The third-order valence-electron chi connectivity index (χ3n) is 2.73. The molecule has 0 aliphatic carbocycles. The van der Waals surface area contributed by atoms with Crippen LogP contribution in [0.25, 0.3) is 10.8 Å². The maximum Gasteiger partial charge on any atom is 0.363 e. The van der Waals surface area contributed by atoms with Crippen molar-refractivity contribution in [2.24, 2.45) is 0 Å². The molecule has 128 valence electrons. The molecule has 2 rings (SSSR count). The number of benzene rings is 1. The van der Waals surface area contributed by atoms with Gasteiger partial charge in [-0.2, -0.15) is 0 Å². The molecule has 1 heterocycles. The summed E-state index contributed by atoms with van der Waals surface area (Å²) in [7, 11) is 1.34. The van der Waals surface area contributed by atoms with Crippen molar-refractivity contribution >= 4 is 34.3 Å². The van der Waals surface area contributed by atoms with Crippen molar-refractivity contribution in [3.05, 3.63) is 35.2 Å². The largest absolute Gasteiger partial charge is 0.506 e. The number of pyridine rings is 1. The summed E-state index contributed by atoms with van der Waals surface area (Å²) in [6.07, 6.45) is 1.44. The molecule has 2 aromatic rings. The van der Waals surface area contributed by atoms with Crippen molar-refractivity contribution in [1.29, 1.82) is 0 Å². The van der Waals surface area contributed by atoms with Crippen LogP contribution < -0.4 is 10.1 Å². The smallest absolute Gasteiger partial charge is 0.363 e. The van der Waals surface area contributed by atoms with E-state index in [4.69, 9.17) is 21.4 Å². The molecule has 0 atom stereocenters. The second kappa shape index (κ2) is 8.76. The number of carboxylic acid groups (broad SMARTS) is 1. The van der Waals surface area contributed by atoms with Gasteiger partial charge in [-0.1, -0.05) is 11.6 Å². The van der Waals surface area contributed by atoms with E-state index < -0.39 is 11.7 Å². The van der Waals surface area contributed by atoms with Crippen molar-refractivity contribution in [3.8, 4) is 11.5 Å². The summed E-state index contributed by atoms with van der Waals surface area (Å²) in [4.78, 5) is 23.3. The zero-order valence-electron chi connectivity index (χ0n) is 13.3. The number of aliphatic carboxylic acids is 1. The van der Waals surface area contributed by atoms with E-state index in [0.29, 0.717) is 15.9 Å². The molecule has 3 N–H and O–H groups in total. The molecule has 1 aromatic heterocycles. The van der Waals surface area contributed by atoms with Gasteiger partial charge < -0.3 is 20.3 Å². The standard InChI is InChI=1S/C12H12ClNO2.C4H5NO3/c1-7(2)16-8-3-4-9-10(5-8)12(13)14-6-11(9)15;1-5-3(2-6)4(7)8/h3-7,15H,1-2H3;5H,1H3,(H,7,8). The summed E-state index contributed by atoms with van der Waals surface area (Å²) >= 11 is 5.96. The minimum absolute atomic E-state index is 0.0986. The third-order valence-corrected chi connectivity index (χ3v) is 3.03. The Bertz CT molecular complexity index is 785. The van der Waals surface area contributed by atoms with E-state index in [1.54, 1.807) is 18.2 Å². The molecule has 1 aromatic carbocycles. The highest BCUT2D eigenvalue weighted by Crippen LogP contribution is 2.31. The van der Waals surface area contributed by atoms with Gasteiger partial charge in [-0.15, -0.1) is 0 Å². The van der Waals surface area contributed by atoms with Crippen LogP contribution in [-0.4, -0.2) is 40.3 Å². The number of hydrogen-bond acceptors (Lipinski definition) is 6. The number of hydrogen-bond donors (Lipinski definition) is 3. The summed E-state index contributed by atoms with van der Waals surface area (Å²) in [5.74, 6) is 0.758. The van der Waals surface area contributed by atoms with Crippen molar-refractivity contribution in [1.82, 2.24) is 10.3 Å². The van der Waals surface area contributed by atoms with E-state index in [0.717, 1.165) is 5.75 Å². The molecule has 0 saturated carbocycles. The number of aromatic hydroxyl groups is 1. The van der Waals surface area contributed by atoms with E-state index in [1.807, 2.05) is 13.8 Å². The summed E-state index contributed by atoms with van der Waals surface area (Å²) < 4.78 is 5.55. The van der Waals surface area contributed by atoms with Gasteiger partial charge in [-0.3, -0.25) is 0 Å². The number of nitrogens with zero attached hydrogens (tertiary/aromatic N) is 1. The van der Waals surface area contributed by atoms with Crippen LogP contribution in [0, 0.1) is 0 Å². The first-order valence-electron chi connectivity index (χ1n) is 6.90.